The number of hydrogen-bond donors (Lipinski definition) is 1. The molecule has 2 aliphatic heterocycles. The van der Waals surface area contributed by atoms with Crippen molar-refractivity contribution < 1.29 is 27.4 Å². The predicted octanol–water partition coefficient (Wildman–Crippen LogP) is 8.60. The number of nitrogens with one attached hydrogen (secondary N) is 1. The van der Waals surface area contributed by atoms with Crippen molar-refractivity contribution in [2.45, 2.75) is 118 Å². The quantitative estimate of drug-likeness (QED) is 0.160. The molecule has 6 heterocycles. The largest absolute Gasteiger partial charge is 0.460 e. The molecule has 1 N–H and O–H groups in total. The number of nitrogens with zero attached hydrogens (tertiary/aromatic N) is 9. The van der Waals surface area contributed by atoms with Gasteiger partial charge in [0.15, 0.2) is 0 Å². The number of likely N-dealkylation sites (tertiary alicyclic amines) is 1. The van der Waals surface area contributed by atoms with Gasteiger partial charge in [0, 0.05) is 29.5 Å². The molecule has 58 heavy (non-hydrogen) atoms. The van der Waals surface area contributed by atoms with Crippen molar-refractivity contribution in [1.82, 2.24) is 50.1 Å². The van der Waals surface area contributed by atoms with Crippen molar-refractivity contribution in [2.75, 3.05) is 33.2 Å². The number of carbonyl (C=O) groups is 1. The minimum absolute atomic E-state index is 0. The molecule has 8 rings (SSSR count). The molecule has 0 saturated carbocycles. The topological polar surface area (TPSA) is 155 Å². The molecule has 0 radical (unpaired) electrons. The van der Waals surface area contributed by atoms with Gasteiger partial charge in [-0.05, 0) is 114 Å². The predicted molar refractivity (Wildman–Crippen MR) is 219 cm³/mol. The summed E-state index contributed by atoms with van der Waals surface area (Å²) in [6.07, 6.45) is 3.91. The zero-order valence-electron chi connectivity index (χ0n) is 34.3. The summed E-state index contributed by atoms with van der Waals surface area (Å²) in [6.45, 7) is 19.0. The van der Waals surface area contributed by atoms with Crippen molar-refractivity contribution in [3.05, 3.63) is 71.2 Å². The van der Waals surface area contributed by atoms with Crippen LogP contribution in [0, 0.1) is 11.6 Å². The molecule has 6 aromatic rings. The van der Waals surface area contributed by atoms with Crippen molar-refractivity contribution in [2.24, 2.45) is 0 Å². The number of aromatic nitrogens is 8. The molecule has 16 heteroatoms. The highest BCUT2D eigenvalue weighted by Gasteiger charge is 2.27. The number of ether oxygens (including phenoxy) is 1. The van der Waals surface area contributed by atoms with Crippen LogP contribution in [0.5, 0.6) is 0 Å². The molecule has 0 unspecified atom stereocenters. The van der Waals surface area contributed by atoms with E-state index < -0.39 is 0 Å². The van der Waals surface area contributed by atoms with Gasteiger partial charge in [-0.2, -0.15) is 29.5 Å². The van der Waals surface area contributed by atoms with Crippen LogP contribution in [-0.2, 0) is 9.53 Å². The van der Waals surface area contributed by atoms with Gasteiger partial charge in [0.05, 0.1) is 11.4 Å². The maximum atomic E-state index is 14.5. The number of rotatable bonds is 6. The molecule has 14 nitrogen and oxygen atoms in total. The Bertz CT molecular complexity index is 2270. The fourth-order valence-electron chi connectivity index (χ4n) is 7.15. The van der Waals surface area contributed by atoms with E-state index in [0.29, 0.717) is 34.7 Å². The third-order valence-electron chi connectivity index (χ3n) is 9.91. The summed E-state index contributed by atoms with van der Waals surface area (Å²) in [5, 5.41) is 22.2. The van der Waals surface area contributed by atoms with E-state index in [1.807, 2.05) is 60.6 Å². The summed E-state index contributed by atoms with van der Waals surface area (Å²) < 4.78 is 47.5. The summed E-state index contributed by atoms with van der Waals surface area (Å²) in [5.41, 5.74) is 2.14. The first-order valence-electron chi connectivity index (χ1n) is 19.7. The zero-order chi connectivity index (χ0) is 41.0. The second-order valence-electron chi connectivity index (χ2n) is 16.3. The van der Waals surface area contributed by atoms with E-state index in [1.165, 1.54) is 28.4 Å². The monoisotopic (exact) mass is 804 g/mol. The Kier molecular flexibility index (Phi) is 14.2. The van der Waals surface area contributed by atoms with Gasteiger partial charge in [-0.3, -0.25) is 4.79 Å². The van der Waals surface area contributed by atoms with Crippen LogP contribution in [0.1, 0.15) is 135 Å². The van der Waals surface area contributed by atoms with Crippen LogP contribution < -0.4 is 5.32 Å². The van der Waals surface area contributed by atoms with Crippen LogP contribution in [0.3, 0.4) is 0 Å². The number of carbonyl (C=O) groups excluding carboxylic acids is 1. The van der Waals surface area contributed by atoms with E-state index in [0.717, 1.165) is 74.0 Å². The first-order chi connectivity index (χ1) is 27.1. The minimum Gasteiger partial charge on any atom is -0.460 e. The number of esters is 1. The first kappa shape index (κ1) is 44.0. The lowest BCUT2D eigenvalue weighted by Crippen LogP contribution is -2.29. The molecule has 0 spiro atoms. The molecule has 0 amide bonds. The van der Waals surface area contributed by atoms with Crippen LogP contribution in [0.25, 0.3) is 33.7 Å². The lowest BCUT2D eigenvalue weighted by Gasteiger charge is -2.26. The van der Waals surface area contributed by atoms with E-state index in [9.17, 15) is 13.6 Å². The Morgan fingerprint density at radius 2 is 1.21 bits per heavy atom. The lowest BCUT2D eigenvalue weighted by atomic mass is 9.97. The van der Waals surface area contributed by atoms with Crippen LogP contribution in [0.15, 0.2) is 45.4 Å². The zero-order valence-corrected chi connectivity index (χ0v) is 34.3. The third-order valence-corrected chi connectivity index (χ3v) is 9.91. The molecule has 2 saturated heterocycles. The van der Waals surface area contributed by atoms with Gasteiger partial charge >= 0.3 is 5.97 Å². The van der Waals surface area contributed by atoms with Crippen molar-refractivity contribution in [3.8, 4) is 11.9 Å². The van der Waals surface area contributed by atoms with E-state index in [1.54, 1.807) is 12.1 Å². The van der Waals surface area contributed by atoms with Crippen LogP contribution in [0.4, 0.5) is 8.78 Å². The maximum absolute atomic E-state index is 14.5. The van der Waals surface area contributed by atoms with E-state index in [4.69, 9.17) is 13.8 Å². The highest BCUT2D eigenvalue weighted by molar-refractivity contribution is 5.85. The van der Waals surface area contributed by atoms with E-state index in [-0.39, 0.29) is 54.3 Å². The second kappa shape index (κ2) is 18.7. The number of benzene rings is 2. The number of piperidine rings is 2. The maximum Gasteiger partial charge on any atom is 0.303 e. The van der Waals surface area contributed by atoms with Crippen molar-refractivity contribution in [3.63, 3.8) is 0 Å². The van der Waals surface area contributed by atoms with Gasteiger partial charge in [0.1, 0.15) is 28.3 Å². The Morgan fingerprint density at radius 1 is 0.776 bits per heavy atom. The smallest absolute Gasteiger partial charge is 0.303 e. The van der Waals surface area contributed by atoms with Crippen LogP contribution >= 0.6 is 0 Å². The molecule has 314 valence electrons. The molecule has 0 atom stereocenters. The average Bonchev–Trinajstić information content (AvgIpc) is 3.97. The highest BCUT2D eigenvalue weighted by atomic mass is 19.1. The minimum atomic E-state index is -0.333. The van der Waals surface area contributed by atoms with Gasteiger partial charge < -0.3 is 24.0 Å². The van der Waals surface area contributed by atoms with Gasteiger partial charge in [-0.15, -0.1) is 0 Å². The van der Waals surface area contributed by atoms with Crippen LogP contribution in [0.2, 0.25) is 0 Å². The van der Waals surface area contributed by atoms with E-state index >= 15 is 0 Å². The molecule has 2 fully saturated rings. The van der Waals surface area contributed by atoms with Crippen LogP contribution in [-0.4, -0.2) is 89.5 Å². The fraction of sp³-hybridized carbons (Fsp3) is 0.548. The highest BCUT2D eigenvalue weighted by Crippen LogP contribution is 2.32. The first-order valence-corrected chi connectivity index (χ1v) is 19.7. The molecule has 2 aliphatic rings. The molecule has 4 aromatic heterocycles. The third kappa shape index (κ3) is 10.1. The Hall–Kier alpha value is -5.09. The Labute approximate surface area is 338 Å². The number of para-hydroxylation sites is 2. The van der Waals surface area contributed by atoms with Gasteiger partial charge in [0.25, 0.3) is 11.9 Å². The van der Waals surface area contributed by atoms with Gasteiger partial charge in [-0.25, -0.2) is 8.78 Å². The molecule has 0 bridgehead atoms. The molecular formula is C42H58F2N10O4. The summed E-state index contributed by atoms with van der Waals surface area (Å²) in [5.74, 6) is 1.79. The average molecular weight is 805 g/mol. The summed E-state index contributed by atoms with van der Waals surface area (Å²) in [4.78, 5) is 21.6. The lowest BCUT2D eigenvalue weighted by molar-refractivity contribution is -0.151. The Balaban J connectivity index is 0.000000184. The number of fused-ring (bicyclic) bond motifs is 2. The SMILES string of the molecule is C.CC(=O)OC(C)(C)C.CC(C)c1nn(-c2noc(C3CCN(C)CC3)n2)c2c(F)cccc12.CC(C)c1nn(-c2noc(C3CCNCC3)n2)c2c(F)cccc12. The fourth-order valence-corrected chi connectivity index (χ4v) is 7.15. The number of halogens is 2. The Morgan fingerprint density at radius 3 is 1.59 bits per heavy atom. The van der Waals surface area contributed by atoms with E-state index in [2.05, 4.69) is 47.7 Å². The van der Waals surface area contributed by atoms with Gasteiger partial charge in [-0.1, -0.05) is 59.4 Å². The summed E-state index contributed by atoms with van der Waals surface area (Å²) in [6, 6.07) is 10.0. The molecule has 0 aliphatic carbocycles. The second-order valence-corrected chi connectivity index (χ2v) is 16.3. The normalized spacial score (nSPS) is 15.6. The standard InChI is InChI=1S/C18H22FN5O.C17H20FN5O.C6H12O2.CH4/c1-11(2)15-13-5-4-6-14(19)16(13)24(21-15)18-20-17(25-22-18)12-7-9-23(3)10-8-12;1-10(2)14-12-4-3-5-13(18)15(12)23(21-14)17-20-16(24-22-17)11-6-8-19-9-7-11;1-5(7)8-6(2,3)4;/h4-6,11-12H,7-10H2,1-3H3;3-5,10-11,19H,6-9H2,1-2H3;1-4H3;1H4. The van der Waals surface area contributed by atoms with Gasteiger partial charge in [0.2, 0.25) is 11.8 Å². The van der Waals surface area contributed by atoms with Crippen molar-refractivity contribution in [1.29, 1.82) is 0 Å². The number of hydrogen-bond acceptors (Lipinski definition) is 12. The summed E-state index contributed by atoms with van der Waals surface area (Å²) in [7, 11) is 2.11. The van der Waals surface area contributed by atoms with Crippen molar-refractivity contribution >= 4 is 27.8 Å². The molecular weight excluding hydrogens is 747 g/mol. The molecule has 2 aromatic carbocycles. The summed E-state index contributed by atoms with van der Waals surface area (Å²) >= 11 is 0.